The molecule has 0 atom stereocenters. The third kappa shape index (κ3) is 5.09. The van der Waals surface area contributed by atoms with Crippen molar-refractivity contribution in [2.75, 3.05) is 6.61 Å². The molecule has 1 N–H and O–H groups in total. The van der Waals surface area contributed by atoms with Crippen LogP contribution >= 0.6 is 0 Å². The maximum Gasteiger partial charge on any atom is 0.277 e. The molecule has 2 aromatic carbocycles. The van der Waals surface area contributed by atoms with Crippen molar-refractivity contribution in [3.05, 3.63) is 42.5 Å². The number of carbonyl (C=O) groups is 1. The lowest BCUT2D eigenvalue weighted by Gasteiger charge is -2.36. The van der Waals surface area contributed by atoms with Crippen LogP contribution in [0.25, 0.3) is 10.8 Å². The van der Waals surface area contributed by atoms with E-state index in [-0.39, 0.29) is 12.5 Å². The van der Waals surface area contributed by atoms with E-state index >= 15 is 0 Å². The lowest BCUT2D eigenvalue weighted by atomic mass is 9.69. The Morgan fingerprint density at radius 3 is 2.56 bits per heavy atom. The van der Waals surface area contributed by atoms with Crippen molar-refractivity contribution in [3.8, 4) is 5.75 Å². The van der Waals surface area contributed by atoms with E-state index in [9.17, 15) is 4.79 Å². The van der Waals surface area contributed by atoms with Crippen molar-refractivity contribution >= 4 is 22.4 Å². The van der Waals surface area contributed by atoms with Gasteiger partial charge in [0.15, 0.2) is 6.61 Å². The fourth-order valence-corrected chi connectivity index (χ4v) is 3.71. The van der Waals surface area contributed by atoms with Gasteiger partial charge in [0.1, 0.15) is 5.75 Å². The number of ether oxygens (including phenoxy) is 1. The third-order valence-corrected chi connectivity index (χ3v) is 6.01. The number of nitrogens with one attached hydrogen (secondary N) is 1. The van der Waals surface area contributed by atoms with Crippen LogP contribution in [-0.4, -0.2) is 18.2 Å². The van der Waals surface area contributed by atoms with Crippen LogP contribution in [0, 0.1) is 11.3 Å². The predicted molar refractivity (Wildman–Crippen MR) is 111 cm³/mol. The Hall–Kier alpha value is -2.36. The fraction of sp³-hybridized carbons (Fsp3) is 0.478. The summed E-state index contributed by atoms with van der Waals surface area (Å²) in [7, 11) is 0. The van der Waals surface area contributed by atoms with Gasteiger partial charge in [-0.15, -0.1) is 0 Å². The maximum atomic E-state index is 12.0. The van der Waals surface area contributed by atoms with Gasteiger partial charge < -0.3 is 4.74 Å². The zero-order chi connectivity index (χ0) is 19.3. The van der Waals surface area contributed by atoms with Crippen LogP contribution in [0.5, 0.6) is 5.75 Å². The van der Waals surface area contributed by atoms with Gasteiger partial charge in [-0.25, -0.2) is 5.43 Å². The first kappa shape index (κ1) is 19.4. The van der Waals surface area contributed by atoms with Gasteiger partial charge in [-0.05, 0) is 59.9 Å². The third-order valence-electron chi connectivity index (χ3n) is 6.01. The van der Waals surface area contributed by atoms with E-state index in [2.05, 4.69) is 37.4 Å². The van der Waals surface area contributed by atoms with Crippen LogP contribution in [0.1, 0.15) is 52.9 Å². The second-order valence-corrected chi connectivity index (χ2v) is 8.13. The maximum absolute atomic E-state index is 12.0. The van der Waals surface area contributed by atoms with Crippen LogP contribution in [-0.2, 0) is 4.79 Å². The molecule has 0 bridgehead atoms. The number of benzene rings is 2. The standard InChI is InChI=1S/C23H30N2O2/c1-4-23(2,3)19-10-12-20(13-11-19)24-25-22(26)16-27-21-14-9-17-7-5-6-8-18(17)15-21/h5-9,14-15,19H,4,10-13,16H2,1-3H3,(H,25,26). The van der Waals surface area contributed by atoms with E-state index in [0.717, 1.165) is 48.1 Å². The van der Waals surface area contributed by atoms with E-state index < -0.39 is 0 Å². The van der Waals surface area contributed by atoms with Gasteiger partial charge in [-0.3, -0.25) is 4.79 Å². The number of hydrogen-bond acceptors (Lipinski definition) is 3. The normalized spacial score (nSPS) is 17.6. The molecule has 0 spiro atoms. The number of carbonyl (C=O) groups excluding carboxylic acids is 1. The lowest BCUT2D eigenvalue weighted by molar-refractivity contribution is -0.123. The second-order valence-electron chi connectivity index (χ2n) is 8.13. The largest absolute Gasteiger partial charge is 0.484 e. The molecular formula is C23H30N2O2. The minimum atomic E-state index is -0.216. The molecule has 4 heteroatoms. The summed E-state index contributed by atoms with van der Waals surface area (Å²) in [5, 5.41) is 6.58. The number of rotatable bonds is 6. The highest BCUT2D eigenvalue weighted by Gasteiger charge is 2.30. The van der Waals surface area contributed by atoms with Gasteiger partial charge in [0.2, 0.25) is 0 Å². The van der Waals surface area contributed by atoms with Gasteiger partial charge in [0.25, 0.3) is 5.91 Å². The number of nitrogens with zero attached hydrogens (tertiary/aromatic N) is 1. The Morgan fingerprint density at radius 1 is 1.15 bits per heavy atom. The fourth-order valence-electron chi connectivity index (χ4n) is 3.71. The van der Waals surface area contributed by atoms with Crippen molar-refractivity contribution < 1.29 is 9.53 Å². The molecule has 1 aliphatic rings. The van der Waals surface area contributed by atoms with Crippen molar-refractivity contribution in [1.29, 1.82) is 0 Å². The highest BCUT2D eigenvalue weighted by atomic mass is 16.5. The Kier molecular flexibility index (Phi) is 6.15. The minimum Gasteiger partial charge on any atom is -0.484 e. The Balaban J connectivity index is 1.46. The molecule has 0 saturated heterocycles. The van der Waals surface area contributed by atoms with Crippen LogP contribution in [0.15, 0.2) is 47.6 Å². The molecule has 3 rings (SSSR count). The molecule has 2 aromatic rings. The molecular weight excluding hydrogens is 336 g/mol. The molecule has 1 fully saturated rings. The van der Waals surface area contributed by atoms with Crippen LogP contribution in [0.3, 0.4) is 0 Å². The zero-order valence-corrected chi connectivity index (χ0v) is 16.6. The highest BCUT2D eigenvalue weighted by Crippen LogP contribution is 2.39. The number of fused-ring (bicyclic) bond motifs is 1. The molecule has 0 radical (unpaired) electrons. The minimum absolute atomic E-state index is 0.0272. The van der Waals surface area contributed by atoms with E-state index in [1.807, 2.05) is 36.4 Å². The van der Waals surface area contributed by atoms with Gasteiger partial charge in [-0.1, -0.05) is 57.5 Å². The monoisotopic (exact) mass is 366 g/mol. The first-order chi connectivity index (χ1) is 13.0. The topological polar surface area (TPSA) is 50.7 Å². The van der Waals surface area contributed by atoms with Crippen molar-refractivity contribution in [2.45, 2.75) is 52.9 Å². The van der Waals surface area contributed by atoms with Gasteiger partial charge >= 0.3 is 0 Å². The second kappa shape index (κ2) is 8.55. The quantitative estimate of drug-likeness (QED) is 0.704. The Labute approximate surface area is 162 Å². The number of hydrazone groups is 1. The molecule has 1 amide bonds. The SMILES string of the molecule is CCC(C)(C)C1CCC(=NNC(=O)COc2ccc3ccccc3c2)CC1. The van der Waals surface area contributed by atoms with Crippen LogP contribution in [0.2, 0.25) is 0 Å². The number of amides is 1. The molecule has 144 valence electrons. The first-order valence-electron chi connectivity index (χ1n) is 9.94. The molecule has 0 heterocycles. The molecule has 1 saturated carbocycles. The smallest absolute Gasteiger partial charge is 0.277 e. The Morgan fingerprint density at radius 2 is 1.85 bits per heavy atom. The van der Waals surface area contributed by atoms with E-state index in [0.29, 0.717) is 11.2 Å². The van der Waals surface area contributed by atoms with Gasteiger partial charge in [0.05, 0.1) is 0 Å². The molecule has 0 aromatic heterocycles. The van der Waals surface area contributed by atoms with E-state index in [1.165, 1.54) is 6.42 Å². The summed E-state index contributed by atoms with van der Waals surface area (Å²) in [5.74, 6) is 1.22. The summed E-state index contributed by atoms with van der Waals surface area (Å²) in [6.07, 6.45) is 5.46. The molecule has 0 aliphatic heterocycles. The van der Waals surface area contributed by atoms with Crippen LogP contribution in [0.4, 0.5) is 0 Å². The summed E-state index contributed by atoms with van der Waals surface area (Å²) >= 11 is 0. The predicted octanol–water partition coefficient (Wildman–Crippen LogP) is 5.32. The Bertz CT molecular complexity index is 816. The lowest BCUT2D eigenvalue weighted by Crippen LogP contribution is -2.30. The summed E-state index contributed by atoms with van der Waals surface area (Å²) in [6.45, 7) is 6.94. The van der Waals surface area contributed by atoms with E-state index in [1.54, 1.807) is 0 Å². The summed E-state index contributed by atoms with van der Waals surface area (Å²) in [5.41, 5.74) is 4.14. The van der Waals surface area contributed by atoms with Gasteiger partial charge in [-0.2, -0.15) is 5.10 Å². The average Bonchev–Trinajstić information content (AvgIpc) is 2.71. The molecule has 27 heavy (non-hydrogen) atoms. The summed E-state index contributed by atoms with van der Waals surface area (Å²) < 4.78 is 5.61. The first-order valence-corrected chi connectivity index (χ1v) is 9.94. The van der Waals surface area contributed by atoms with Crippen molar-refractivity contribution in [1.82, 2.24) is 5.43 Å². The average molecular weight is 367 g/mol. The summed E-state index contributed by atoms with van der Waals surface area (Å²) in [6, 6.07) is 13.9. The molecule has 4 nitrogen and oxygen atoms in total. The van der Waals surface area contributed by atoms with Crippen LogP contribution < -0.4 is 10.2 Å². The van der Waals surface area contributed by atoms with Crippen molar-refractivity contribution in [2.24, 2.45) is 16.4 Å². The molecule has 1 aliphatic carbocycles. The highest BCUT2D eigenvalue weighted by molar-refractivity contribution is 5.87. The molecule has 0 unspecified atom stereocenters. The van der Waals surface area contributed by atoms with E-state index in [4.69, 9.17) is 4.74 Å². The van der Waals surface area contributed by atoms with Gasteiger partial charge in [0, 0.05) is 5.71 Å². The zero-order valence-electron chi connectivity index (χ0n) is 16.6. The summed E-state index contributed by atoms with van der Waals surface area (Å²) in [4.78, 5) is 12.0. The van der Waals surface area contributed by atoms with Crippen molar-refractivity contribution in [3.63, 3.8) is 0 Å². The number of hydrogen-bond donors (Lipinski definition) is 1.